The molecule has 1 amide bonds. The van der Waals surface area contributed by atoms with Gasteiger partial charge in [0.2, 0.25) is 5.91 Å². The number of hydrogen-bond donors (Lipinski definition) is 2. The molecule has 0 aromatic heterocycles. The van der Waals surface area contributed by atoms with Gasteiger partial charge in [-0.1, -0.05) is 23.8 Å². The van der Waals surface area contributed by atoms with Crippen molar-refractivity contribution >= 4 is 5.91 Å². The van der Waals surface area contributed by atoms with E-state index in [1.54, 1.807) is 0 Å². The molecule has 3 heteroatoms. The van der Waals surface area contributed by atoms with E-state index >= 15 is 0 Å². The van der Waals surface area contributed by atoms with E-state index in [0.29, 0.717) is 6.42 Å². The molecule has 3 N–H and O–H groups in total. The van der Waals surface area contributed by atoms with Gasteiger partial charge in [-0.2, -0.15) is 0 Å². The number of carbonyl (C=O) groups excluding carboxylic acids is 1. The van der Waals surface area contributed by atoms with Crippen LogP contribution in [0.5, 0.6) is 0 Å². The molecule has 0 bridgehead atoms. The van der Waals surface area contributed by atoms with Crippen LogP contribution < -0.4 is 11.1 Å². The Morgan fingerprint density at radius 3 is 2.94 bits per heavy atom. The first-order chi connectivity index (χ1) is 7.57. The summed E-state index contributed by atoms with van der Waals surface area (Å²) in [4.78, 5) is 11.2. The molecule has 1 unspecified atom stereocenters. The summed E-state index contributed by atoms with van der Waals surface area (Å²) in [7, 11) is 1.90. The van der Waals surface area contributed by atoms with Crippen molar-refractivity contribution < 1.29 is 4.79 Å². The van der Waals surface area contributed by atoms with Crippen molar-refractivity contribution in [2.45, 2.75) is 31.7 Å². The molecule has 16 heavy (non-hydrogen) atoms. The van der Waals surface area contributed by atoms with E-state index in [1.807, 2.05) is 7.05 Å². The van der Waals surface area contributed by atoms with Gasteiger partial charge in [0, 0.05) is 6.42 Å². The average Bonchev–Trinajstić information content (AvgIpc) is 2.57. The summed E-state index contributed by atoms with van der Waals surface area (Å²) in [6, 6.07) is 6.45. The third kappa shape index (κ3) is 1.71. The summed E-state index contributed by atoms with van der Waals surface area (Å²) in [5.74, 6) is -0.247. The molecule has 1 atom stereocenters. The Morgan fingerprint density at radius 2 is 2.31 bits per heavy atom. The highest BCUT2D eigenvalue weighted by molar-refractivity contribution is 5.76. The molecule has 1 aromatic carbocycles. The molecule has 86 valence electrons. The van der Waals surface area contributed by atoms with Gasteiger partial charge < -0.3 is 11.1 Å². The first kappa shape index (κ1) is 11.1. The summed E-state index contributed by atoms with van der Waals surface area (Å²) >= 11 is 0. The van der Waals surface area contributed by atoms with Gasteiger partial charge in [-0.3, -0.25) is 4.79 Å². The lowest BCUT2D eigenvalue weighted by Gasteiger charge is -2.29. The van der Waals surface area contributed by atoms with Crippen molar-refractivity contribution in [3.63, 3.8) is 0 Å². The molecule has 0 radical (unpaired) electrons. The molecule has 0 heterocycles. The Bertz CT molecular complexity index is 428. The van der Waals surface area contributed by atoms with Crippen molar-refractivity contribution in [1.29, 1.82) is 0 Å². The van der Waals surface area contributed by atoms with Crippen LogP contribution in [0.4, 0.5) is 0 Å². The second-order valence-electron chi connectivity index (χ2n) is 4.64. The molecule has 0 aliphatic heterocycles. The molecule has 1 aliphatic carbocycles. The number of carbonyl (C=O) groups is 1. The zero-order valence-corrected chi connectivity index (χ0v) is 9.84. The highest BCUT2D eigenvalue weighted by atomic mass is 16.1. The quantitative estimate of drug-likeness (QED) is 0.801. The number of hydrogen-bond acceptors (Lipinski definition) is 2. The van der Waals surface area contributed by atoms with E-state index in [1.165, 1.54) is 16.7 Å². The minimum absolute atomic E-state index is 0.243. The second kappa shape index (κ2) is 3.91. The standard InChI is InChI=1S/C13H18N2O/c1-9-3-4-10-5-6-13(15-2,8-12(14)16)11(10)7-9/h3-4,7,15H,5-6,8H2,1-2H3,(H2,14,16). The molecule has 1 aliphatic rings. The number of aryl methyl sites for hydroxylation is 2. The molecule has 0 saturated carbocycles. The van der Waals surface area contributed by atoms with E-state index in [-0.39, 0.29) is 11.4 Å². The van der Waals surface area contributed by atoms with Crippen molar-refractivity contribution in [2.75, 3.05) is 7.05 Å². The fourth-order valence-electron chi connectivity index (χ4n) is 2.67. The SMILES string of the molecule is CNC1(CC(N)=O)CCc2ccc(C)cc21. The van der Waals surface area contributed by atoms with Crippen LogP contribution in [0.15, 0.2) is 18.2 Å². The normalized spacial score (nSPS) is 23.1. The summed E-state index contributed by atoms with van der Waals surface area (Å²) < 4.78 is 0. The van der Waals surface area contributed by atoms with Gasteiger partial charge in [0.1, 0.15) is 0 Å². The smallest absolute Gasteiger partial charge is 0.219 e. The van der Waals surface area contributed by atoms with Gasteiger partial charge in [-0.15, -0.1) is 0 Å². The fourth-order valence-corrected chi connectivity index (χ4v) is 2.67. The minimum atomic E-state index is -0.247. The number of nitrogens with two attached hydrogens (primary N) is 1. The molecular formula is C13H18N2O. The topological polar surface area (TPSA) is 55.1 Å². The molecular weight excluding hydrogens is 200 g/mol. The van der Waals surface area contributed by atoms with Gasteiger partial charge in [0.25, 0.3) is 0 Å². The lowest BCUT2D eigenvalue weighted by molar-refractivity contribution is -0.119. The predicted molar refractivity (Wildman–Crippen MR) is 64.0 cm³/mol. The lowest BCUT2D eigenvalue weighted by atomic mass is 9.87. The van der Waals surface area contributed by atoms with Crippen LogP contribution in [0.2, 0.25) is 0 Å². The van der Waals surface area contributed by atoms with Crippen LogP contribution >= 0.6 is 0 Å². The van der Waals surface area contributed by atoms with E-state index in [2.05, 4.69) is 30.4 Å². The van der Waals surface area contributed by atoms with Crippen molar-refractivity contribution in [3.05, 3.63) is 34.9 Å². The van der Waals surface area contributed by atoms with E-state index < -0.39 is 0 Å². The lowest BCUT2D eigenvalue weighted by Crippen LogP contribution is -2.41. The Hall–Kier alpha value is -1.35. The molecule has 1 aromatic rings. The van der Waals surface area contributed by atoms with Crippen LogP contribution in [0.1, 0.15) is 29.5 Å². The summed E-state index contributed by atoms with van der Waals surface area (Å²) in [6.07, 6.45) is 2.34. The van der Waals surface area contributed by atoms with E-state index in [9.17, 15) is 4.79 Å². The highest BCUT2D eigenvalue weighted by Crippen LogP contribution is 2.39. The van der Waals surface area contributed by atoms with Crippen LogP contribution in [0.25, 0.3) is 0 Å². The van der Waals surface area contributed by atoms with Gasteiger partial charge in [0.15, 0.2) is 0 Å². The van der Waals surface area contributed by atoms with E-state index in [4.69, 9.17) is 5.73 Å². The molecule has 2 rings (SSSR count). The maximum absolute atomic E-state index is 11.2. The number of primary amides is 1. The molecule has 0 fully saturated rings. The molecule has 0 spiro atoms. The minimum Gasteiger partial charge on any atom is -0.370 e. The monoisotopic (exact) mass is 218 g/mol. The summed E-state index contributed by atoms with van der Waals surface area (Å²) in [5, 5.41) is 3.29. The van der Waals surface area contributed by atoms with Crippen LogP contribution in [0.3, 0.4) is 0 Å². The Balaban J connectivity index is 2.45. The number of nitrogens with one attached hydrogen (secondary N) is 1. The average molecular weight is 218 g/mol. The Kier molecular flexibility index (Phi) is 2.72. The Morgan fingerprint density at radius 1 is 1.56 bits per heavy atom. The predicted octanol–water partition coefficient (Wildman–Crippen LogP) is 1.23. The fraction of sp³-hybridized carbons (Fsp3) is 0.462. The molecule has 3 nitrogen and oxygen atoms in total. The van der Waals surface area contributed by atoms with Crippen LogP contribution in [0, 0.1) is 6.92 Å². The number of fused-ring (bicyclic) bond motifs is 1. The maximum Gasteiger partial charge on any atom is 0.219 e. The van der Waals surface area contributed by atoms with Crippen LogP contribution in [-0.2, 0) is 16.8 Å². The summed E-state index contributed by atoms with van der Waals surface area (Å²) in [6.45, 7) is 2.07. The third-order valence-corrected chi connectivity index (χ3v) is 3.56. The zero-order valence-electron chi connectivity index (χ0n) is 9.84. The zero-order chi connectivity index (χ0) is 11.8. The Labute approximate surface area is 96.0 Å². The second-order valence-corrected chi connectivity index (χ2v) is 4.64. The van der Waals surface area contributed by atoms with Crippen molar-refractivity contribution in [1.82, 2.24) is 5.32 Å². The maximum atomic E-state index is 11.2. The van der Waals surface area contributed by atoms with Crippen LogP contribution in [-0.4, -0.2) is 13.0 Å². The van der Waals surface area contributed by atoms with Gasteiger partial charge >= 0.3 is 0 Å². The molecule has 0 saturated heterocycles. The van der Waals surface area contributed by atoms with Gasteiger partial charge in [0.05, 0.1) is 5.54 Å². The van der Waals surface area contributed by atoms with Crippen molar-refractivity contribution in [2.24, 2.45) is 5.73 Å². The third-order valence-electron chi connectivity index (χ3n) is 3.56. The number of rotatable bonds is 3. The largest absolute Gasteiger partial charge is 0.370 e. The first-order valence-electron chi connectivity index (χ1n) is 5.65. The summed E-state index contributed by atoms with van der Waals surface area (Å²) in [5.41, 5.74) is 8.91. The number of amides is 1. The van der Waals surface area contributed by atoms with Gasteiger partial charge in [-0.05, 0) is 37.9 Å². The number of benzene rings is 1. The van der Waals surface area contributed by atoms with Crippen molar-refractivity contribution in [3.8, 4) is 0 Å². The van der Waals surface area contributed by atoms with E-state index in [0.717, 1.165) is 12.8 Å². The highest BCUT2D eigenvalue weighted by Gasteiger charge is 2.38. The van der Waals surface area contributed by atoms with Gasteiger partial charge in [-0.25, -0.2) is 0 Å². The first-order valence-corrected chi connectivity index (χ1v) is 5.65.